The lowest BCUT2D eigenvalue weighted by Gasteiger charge is -2.35. The van der Waals surface area contributed by atoms with Gasteiger partial charge in [0.05, 0.1) is 36.1 Å². The van der Waals surface area contributed by atoms with E-state index in [4.69, 9.17) is 4.74 Å². The van der Waals surface area contributed by atoms with E-state index in [1.807, 2.05) is 0 Å². The van der Waals surface area contributed by atoms with Gasteiger partial charge in [-0.1, -0.05) is 18.2 Å². The van der Waals surface area contributed by atoms with Crippen molar-refractivity contribution in [1.29, 1.82) is 0 Å². The molecule has 62 heavy (non-hydrogen) atoms. The second-order valence-electron chi connectivity index (χ2n) is 14.6. The van der Waals surface area contributed by atoms with E-state index >= 15 is 0 Å². The van der Waals surface area contributed by atoms with E-state index in [0.717, 1.165) is 0 Å². The van der Waals surface area contributed by atoms with Gasteiger partial charge in [-0.15, -0.1) is 0 Å². The zero-order chi connectivity index (χ0) is 43.7. The van der Waals surface area contributed by atoms with Crippen molar-refractivity contribution in [3.63, 3.8) is 0 Å². The van der Waals surface area contributed by atoms with Gasteiger partial charge >= 0.3 is 12.1 Å². The molecule has 20 heteroatoms. The number of piperidine rings is 1. The van der Waals surface area contributed by atoms with Gasteiger partial charge in [-0.05, 0) is 104 Å². The summed E-state index contributed by atoms with van der Waals surface area (Å²) in [6.45, 7) is 3.98. The van der Waals surface area contributed by atoms with Crippen LogP contribution in [0.25, 0.3) is 0 Å². The molecule has 3 aromatic heterocycles. The first-order valence-corrected chi connectivity index (χ1v) is 22.8. The third kappa shape index (κ3) is 10.9. The fraction of sp³-hybridized carbons (Fsp3) is 0.286. The number of carbonyl (C=O) groups excluding carboxylic acids is 3. The van der Waals surface area contributed by atoms with Gasteiger partial charge in [0.2, 0.25) is 15.9 Å². The number of amides is 5. The zero-order valence-electron chi connectivity index (χ0n) is 33.8. The molecule has 0 saturated carbocycles. The normalized spacial score (nSPS) is 15.0. The van der Waals surface area contributed by atoms with Gasteiger partial charge < -0.3 is 20.3 Å². The molecule has 2 saturated heterocycles. The van der Waals surface area contributed by atoms with Crippen LogP contribution in [0.5, 0.6) is 0 Å². The Morgan fingerprint density at radius 1 is 0.694 bits per heavy atom. The number of aromatic nitrogens is 3. The number of urea groups is 2. The smallest absolute Gasteiger partial charge is 0.341 e. The SMILES string of the molecule is Cc1cccc(NS(=O)(=O)c2ccc(NC(=O)N(Cc3cccnc3)N(Cc3cccnc3)C(=O)Nc3ccc(S(=O)(=O)N4CCC(C(=O)N5CCOCC5)CC4)cc3)cc2)n1. The minimum atomic E-state index is -4.01. The number of carbonyl (C=O) groups is 3. The molecule has 0 radical (unpaired) electrons. The standard InChI is InChI=1S/C42H46N10O8S2/c1-31-5-2-8-39(45-31)48-61(56,57)37-13-9-35(10-14-37)46-41(54)51(29-32-6-3-19-43-27-32)52(30-33-7-4-20-44-28-33)42(55)47-36-11-15-38(16-12-36)62(58,59)50-21-17-34(18-22-50)40(53)49-23-25-60-26-24-49/h2-16,19-20,27-28,34H,17-18,21-26,29-30H2,1H3,(H,45,48)(H,46,54)(H,47,55). The van der Waals surface area contributed by atoms with Gasteiger partial charge in [-0.25, -0.2) is 41.4 Å². The first-order chi connectivity index (χ1) is 29.9. The predicted octanol–water partition coefficient (Wildman–Crippen LogP) is 4.92. The van der Waals surface area contributed by atoms with Crippen molar-refractivity contribution < 1.29 is 36.0 Å². The highest BCUT2D eigenvalue weighted by Gasteiger charge is 2.34. The summed E-state index contributed by atoms with van der Waals surface area (Å²) < 4.78 is 62.7. The van der Waals surface area contributed by atoms with Crippen LogP contribution in [0.3, 0.4) is 0 Å². The quantitative estimate of drug-likeness (QED) is 0.143. The Morgan fingerprint density at radius 2 is 1.23 bits per heavy atom. The molecular formula is C42H46N10O8S2. The fourth-order valence-corrected chi connectivity index (χ4v) is 9.47. The van der Waals surface area contributed by atoms with Crippen molar-refractivity contribution in [3.05, 3.63) is 133 Å². The van der Waals surface area contributed by atoms with Gasteiger partial charge in [0.1, 0.15) is 5.82 Å². The maximum atomic E-state index is 14.3. The number of benzene rings is 2. The molecule has 5 heterocycles. The summed E-state index contributed by atoms with van der Waals surface area (Å²) >= 11 is 0. The van der Waals surface area contributed by atoms with Crippen LogP contribution < -0.4 is 15.4 Å². The van der Waals surface area contributed by atoms with Gasteiger partial charge in [-0.3, -0.25) is 19.5 Å². The third-order valence-corrected chi connectivity index (χ3v) is 13.6. The monoisotopic (exact) mass is 882 g/mol. The molecule has 2 aliphatic rings. The maximum Gasteiger partial charge on any atom is 0.341 e. The first-order valence-electron chi connectivity index (χ1n) is 19.8. The van der Waals surface area contributed by atoms with E-state index in [-0.39, 0.29) is 65.0 Å². The summed E-state index contributed by atoms with van der Waals surface area (Å²) in [6, 6.07) is 21.6. The summed E-state index contributed by atoms with van der Waals surface area (Å²) in [7, 11) is -7.91. The highest BCUT2D eigenvalue weighted by molar-refractivity contribution is 7.92. The van der Waals surface area contributed by atoms with E-state index in [2.05, 4.69) is 30.3 Å². The number of hydrogen-bond acceptors (Lipinski definition) is 11. The average molecular weight is 883 g/mol. The van der Waals surface area contributed by atoms with Crippen LogP contribution in [-0.4, -0.2) is 108 Å². The Balaban J connectivity index is 1.07. The van der Waals surface area contributed by atoms with E-state index in [0.29, 0.717) is 56.0 Å². The molecule has 0 bridgehead atoms. The Labute approximate surface area is 360 Å². The number of nitrogens with zero attached hydrogens (tertiary/aromatic N) is 7. The van der Waals surface area contributed by atoms with Gasteiger partial charge in [0.15, 0.2) is 0 Å². The van der Waals surface area contributed by atoms with Crippen LogP contribution in [0, 0.1) is 12.8 Å². The first kappa shape index (κ1) is 43.6. The summed E-state index contributed by atoms with van der Waals surface area (Å²) in [5.41, 5.74) is 2.32. The molecule has 324 valence electrons. The molecular weight excluding hydrogens is 837 g/mol. The van der Waals surface area contributed by atoms with Crippen LogP contribution in [0.2, 0.25) is 0 Å². The van der Waals surface area contributed by atoms with Crippen LogP contribution in [0.1, 0.15) is 29.7 Å². The number of hydrogen-bond donors (Lipinski definition) is 3. The van der Waals surface area contributed by atoms with Crippen LogP contribution in [-0.2, 0) is 42.7 Å². The maximum absolute atomic E-state index is 14.3. The van der Waals surface area contributed by atoms with E-state index in [1.54, 1.807) is 73.0 Å². The highest BCUT2D eigenvalue weighted by atomic mass is 32.2. The summed E-state index contributed by atoms with van der Waals surface area (Å²) in [4.78, 5) is 55.8. The van der Waals surface area contributed by atoms with Gasteiger partial charge in [0.25, 0.3) is 10.0 Å². The van der Waals surface area contributed by atoms with E-state index in [1.165, 1.54) is 68.9 Å². The molecule has 2 fully saturated rings. The summed E-state index contributed by atoms with van der Waals surface area (Å²) in [5.74, 6) is -0.0556. The Morgan fingerprint density at radius 3 is 1.73 bits per heavy atom. The second-order valence-corrected chi connectivity index (χ2v) is 18.3. The molecule has 2 aliphatic heterocycles. The number of sulfonamides is 2. The van der Waals surface area contributed by atoms with Crippen molar-refractivity contribution in [3.8, 4) is 0 Å². The molecule has 0 aliphatic carbocycles. The number of anilines is 3. The summed E-state index contributed by atoms with van der Waals surface area (Å²) in [5, 5.41) is 7.93. The lowest BCUT2D eigenvalue weighted by Crippen LogP contribution is -2.52. The minimum absolute atomic E-state index is 0.0275. The molecule has 18 nitrogen and oxygen atoms in total. The lowest BCUT2D eigenvalue weighted by atomic mass is 9.96. The molecule has 0 spiro atoms. The Hall–Kier alpha value is -6.48. The number of hydrazine groups is 1. The number of aryl methyl sites for hydroxylation is 1. The summed E-state index contributed by atoms with van der Waals surface area (Å²) in [6.07, 6.45) is 7.09. The van der Waals surface area contributed by atoms with Crippen molar-refractivity contribution in [2.24, 2.45) is 5.92 Å². The Kier molecular flexibility index (Phi) is 13.7. The Bertz CT molecular complexity index is 2560. The van der Waals surface area contributed by atoms with Crippen LogP contribution in [0.4, 0.5) is 26.8 Å². The van der Waals surface area contributed by atoms with Crippen molar-refractivity contribution in [2.75, 3.05) is 54.7 Å². The van der Waals surface area contributed by atoms with E-state index in [9.17, 15) is 31.2 Å². The fourth-order valence-electron chi connectivity index (χ4n) is 7.00. The van der Waals surface area contributed by atoms with Crippen molar-refractivity contribution in [2.45, 2.75) is 42.6 Å². The van der Waals surface area contributed by atoms with Gasteiger partial charge in [0, 0.05) is 74.0 Å². The number of morpholine rings is 1. The van der Waals surface area contributed by atoms with Crippen LogP contribution >= 0.6 is 0 Å². The molecule has 0 atom stereocenters. The minimum Gasteiger partial charge on any atom is -0.378 e. The van der Waals surface area contributed by atoms with Crippen molar-refractivity contribution >= 4 is 55.2 Å². The molecule has 0 unspecified atom stereocenters. The predicted molar refractivity (Wildman–Crippen MR) is 229 cm³/mol. The third-order valence-electron chi connectivity index (χ3n) is 10.3. The molecule has 3 N–H and O–H groups in total. The van der Waals surface area contributed by atoms with Crippen molar-refractivity contribution in [1.82, 2.24) is 34.2 Å². The van der Waals surface area contributed by atoms with Gasteiger partial charge in [-0.2, -0.15) is 4.31 Å². The average Bonchev–Trinajstić information content (AvgIpc) is 3.28. The number of pyridine rings is 3. The molecule has 5 aromatic rings. The van der Waals surface area contributed by atoms with E-state index < -0.39 is 32.1 Å². The molecule has 2 aromatic carbocycles. The number of rotatable bonds is 12. The van der Waals surface area contributed by atoms with Crippen LogP contribution in [0.15, 0.2) is 126 Å². The highest BCUT2D eigenvalue weighted by Crippen LogP contribution is 2.27. The topological polar surface area (TPSA) is 216 Å². The largest absolute Gasteiger partial charge is 0.378 e. The number of nitrogens with one attached hydrogen (secondary N) is 3. The zero-order valence-corrected chi connectivity index (χ0v) is 35.5. The molecule has 5 amide bonds. The molecule has 7 rings (SSSR count). The number of ether oxygens (including phenoxy) is 1. The lowest BCUT2D eigenvalue weighted by molar-refractivity contribution is -0.140. The second kappa shape index (κ2) is 19.5.